The molecule has 4 aromatic rings. The first-order valence-corrected chi connectivity index (χ1v) is 16.2. The van der Waals surface area contributed by atoms with Gasteiger partial charge in [0.1, 0.15) is 5.60 Å². The number of hydrogen-bond acceptors (Lipinski definition) is 6. The van der Waals surface area contributed by atoms with Crippen molar-refractivity contribution in [1.82, 2.24) is 24.0 Å². The van der Waals surface area contributed by atoms with E-state index in [9.17, 15) is 14.4 Å². The van der Waals surface area contributed by atoms with Crippen LogP contribution in [0, 0.1) is 0 Å². The van der Waals surface area contributed by atoms with Crippen LogP contribution in [0.15, 0.2) is 81.9 Å². The summed E-state index contributed by atoms with van der Waals surface area (Å²) in [4.78, 5) is 48.1. The van der Waals surface area contributed by atoms with E-state index < -0.39 is 11.7 Å². The average molecular weight is 627 g/mol. The highest BCUT2D eigenvalue weighted by Gasteiger charge is 2.29. The van der Waals surface area contributed by atoms with Crippen LogP contribution >= 0.6 is 0 Å². The Labute approximate surface area is 270 Å². The lowest BCUT2D eigenvalue weighted by Crippen LogP contribution is -2.49. The van der Waals surface area contributed by atoms with Crippen LogP contribution in [0.1, 0.15) is 58.6 Å². The highest BCUT2D eigenvalue weighted by molar-refractivity contribution is 5.75. The molecule has 0 aliphatic carbocycles. The molecule has 2 aromatic heterocycles. The van der Waals surface area contributed by atoms with Crippen LogP contribution in [0.25, 0.3) is 11.2 Å². The van der Waals surface area contributed by atoms with E-state index in [2.05, 4.69) is 16.3 Å². The molecule has 0 spiro atoms. The fourth-order valence-corrected chi connectivity index (χ4v) is 5.89. The molecule has 5 rings (SSSR count). The second kappa shape index (κ2) is 14.2. The van der Waals surface area contributed by atoms with Gasteiger partial charge in [-0.2, -0.15) is 4.98 Å². The lowest BCUT2D eigenvalue weighted by Gasteiger charge is -2.34. The van der Waals surface area contributed by atoms with E-state index in [1.807, 2.05) is 99.8 Å². The number of allylic oxidation sites excluding steroid dienone is 2. The topological polar surface area (TPSA) is 103 Å². The third-order valence-electron chi connectivity index (χ3n) is 8.14. The third-order valence-corrected chi connectivity index (χ3v) is 8.14. The Balaban J connectivity index is 1.59. The summed E-state index contributed by atoms with van der Waals surface area (Å²) in [7, 11) is 0. The van der Waals surface area contributed by atoms with Gasteiger partial charge in [0.25, 0.3) is 5.56 Å². The zero-order valence-corrected chi connectivity index (χ0v) is 27.7. The molecule has 244 valence electrons. The minimum absolute atomic E-state index is 0.150. The first kappa shape index (κ1) is 32.8. The van der Waals surface area contributed by atoms with Crippen molar-refractivity contribution < 1.29 is 9.53 Å². The molecule has 1 aliphatic heterocycles. The van der Waals surface area contributed by atoms with E-state index in [-0.39, 0.29) is 23.8 Å². The number of anilines is 1. The number of ether oxygens (including phenoxy) is 1. The maximum atomic E-state index is 14.3. The van der Waals surface area contributed by atoms with Crippen molar-refractivity contribution >= 4 is 23.2 Å². The Hall–Kier alpha value is -4.60. The number of nitrogens with one attached hydrogen (secondary N) is 1. The summed E-state index contributed by atoms with van der Waals surface area (Å²) in [5.41, 5.74) is 2.77. The summed E-state index contributed by atoms with van der Waals surface area (Å²) >= 11 is 0. The summed E-state index contributed by atoms with van der Waals surface area (Å²) in [6.45, 7) is 11.9. The van der Waals surface area contributed by atoms with E-state index in [0.29, 0.717) is 56.1 Å². The van der Waals surface area contributed by atoms with Crippen LogP contribution in [0.4, 0.5) is 10.7 Å². The third kappa shape index (κ3) is 7.97. The lowest BCUT2D eigenvalue weighted by molar-refractivity contribution is 0.0499. The number of imidazole rings is 1. The fraction of sp³-hybridized carbons (Fsp3) is 0.444. The van der Waals surface area contributed by atoms with Crippen molar-refractivity contribution in [1.29, 1.82) is 0 Å². The van der Waals surface area contributed by atoms with Crippen molar-refractivity contribution in [3.63, 3.8) is 0 Å². The molecule has 3 heterocycles. The van der Waals surface area contributed by atoms with Gasteiger partial charge >= 0.3 is 11.8 Å². The van der Waals surface area contributed by atoms with Gasteiger partial charge in [0.2, 0.25) is 5.95 Å². The summed E-state index contributed by atoms with van der Waals surface area (Å²) in [6.07, 6.45) is 4.42. The van der Waals surface area contributed by atoms with Crippen LogP contribution in [-0.2, 0) is 37.2 Å². The molecule has 1 fully saturated rings. The number of nitrogens with zero attached hydrogens (tertiary/aromatic N) is 5. The lowest BCUT2D eigenvalue weighted by atomic mass is 10.1. The molecule has 2 aromatic carbocycles. The first-order valence-electron chi connectivity index (χ1n) is 16.2. The number of amides is 1. The summed E-state index contributed by atoms with van der Waals surface area (Å²) in [6, 6.07) is 19.8. The smallest absolute Gasteiger partial charge is 0.407 e. The van der Waals surface area contributed by atoms with Gasteiger partial charge in [-0.3, -0.25) is 13.9 Å². The largest absolute Gasteiger partial charge is 0.444 e. The maximum absolute atomic E-state index is 14.3. The number of fused-ring (bicyclic) bond motifs is 1. The van der Waals surface area contributed by atoms with Crippen LogP contribution in [0.5, 0.6) is 0 Å². The van der Waals surface area contributed by atoms with E-state index in [1.54, 1.807) is 4.57 Å². The van der Waals surface area contributed by atoms with Gasteiger partial charge in [-0.05, 0) is 71.4 Å². The molecule has 10 nitrogen and oxygen atoms in total. The molecule has 0 saturated carbocycles. The van der Waals surface area contributed by atoms with E-state index >= 15 is 0 Å². The second-order valence-electron chi connectivity index (χ2n) is 13.3. The van der Waals surface area contributed by atoms with Gasteiger partial charge in [-0.15, -0.1) is 0 Å². The molecular weight excluding hydrogens is 580 g/mol. The minimum atomic E-state index is -0.597. The van der Waals surface area contributed by atoms with Gasteiger partial charge in [0.05, 0.1) is 0 Å². The highest BCUT2D eigenvalue weighted by Crippen LogP contribution is 2.25. The quantitative estimate of drug-likeness (QED) is 0.240. The number of aryl methyl sites for hydroxylation is 3. The van der Waals surface area contributed by atoms with Gasteiger partial charge in [-0.1, -0.05) is 72.3 Å². The number of hydrogen-bond donors (Lipinski definition) is 1. The van der Waals surface area contributed by atoms with Crippen LogP contribution < -0.4 is 21.5 Å². The zero-order valence-electron chi connectivity index (χ0n) is 27.7. The van der Waals surface area contributed by atoms with Gasteiger partial charge in [0, 0.05) is 38.8 Å². The van der Waals surface area contributed by atoms with E-state index in [1.165, 1.54) is 4.57 Å². The average Bonchev–Trinajstić information content (AvgIpc) is 3.39. The van der Waals surface area contributed by atoms with E-state index in [0.717, 1.165) is 29.5 Å². The Kier molecular flexibility index (Phi) is 10.1. The number of carbonyl (C=O) groups is 1. The molecule has 10 heteroatoms. The SMILES string of the molecule is CC(C)=CCn1c(N2CCCC(NC(=O)OC(C)(C)C)C2)nc2c1c(=O)n(CCc1ccccc1)c(=O)n2CCc1ccccc1. The number of alkyl carbamates (subject to hydrolysis) is 1. The Morgan fingerprint density at radius 1 is 0.935 bits per heavy atom. The molecule has 0 radical (unpaired) electrons. The maximum Gasteiger partial charge on any atom is 0.407 e. The Morgan fingerprint density at radius 2 is 1.54 bits per heavy atom. The Bertz CT molecular complexity index is 1790. The summed E-state index contributed by atoms with van der Waals surface area (Å²) in [5.74, 6) is 0.619. The van der Waals surface area contributed by atoms with Gasteiger partial charge in [-0.25, -0.2) is 9.59 Å². The second-order valence-corrected chi connectivity index (χ2v) is 13.3. The van der Waals surface area contributed by atoms with Crippen molar-refractivity contribution in [2.45, 2.75) is 91.6 Å². The zero-order chi connectivity index (χ0) is 32.8. The minimum Gasteiger partial charge on any atom is -0.444 e. The molecular formula is C36H46N6O4. The standard InChI is InChI=1S/C36H46N6O4/c1-26(2)18-22-40-30-31(38-33(40)39-21-12-17-29(25-39)37-34(44)46-36(3,4)5)41(23-19-27-13-8-6-9-14-27)35(45)42(32(30)43)24-20-28-15-10-7-11-16-28/h6-11,13-16,18,29H,12,17,19-25H2,1-5H3,(H,37,44). The van der Waals surface area contributed by atoms with Crippen LogP contribution in [-0.4, -0.2) is 49.5 Å². The number of aromatic nitrogens is 4. The van der Waals surface area contributed by atoms with Gasteiger partial charge in [0.15, 0.2) is 11.2 Å². The van der Waals surface area contributed by atoms with Crippen LogP contribution in [0.2, 0.25) is 0 Å². The Morgan fingerprint density at radius 3 is 2.13 bits per heavy atom. The molecule has 1 N–H and O–H groups in total. The molecule has 46 heavy (non-hydrogen) atoms. The normalized spacial score (nSPS) is 15.2. The highest BCUT2D eigenvalue weighted by atomic mass is 16.6. The number of benzene rings is 2. The molecule has 1 saturated heterocycles. The fourth-order valence-electron chi connectivity index (χ4n) is 5.89. The molecule has 1 aliphatic rings. The first-order chi connectivity index (χ1) is 22.0. The van der Waals surface area contributed by atoms with E-state index in [4.69, 9.17) is 9.72 Å². The summed E-state index contributed by atoms with van der Waals surface area (Å²) < 4.78 is 10.5. The molecule has 0 bridgehead atoms. The molecule has 1 unspecified atom stereocenters. The molecule has 1 atom stereocenters. The number of piperidine rings is 1. The summed E-state index contributed by atoms with van der Waals surface area (Å²) in [5, 5.41) is 3.02. The number of carbonyl (C=O) groups excluding carboxylic acids is 1. The predicted molar refractivity (Wildman–Crippen MR) is 183 cm³/mol. The molecule has 1 amide bonds. The van der Waals surface area contributed by atoms with Crippen molar-refractivity contribution in [3.05, 3.63) is 104 Å². The number of rotatable bonds is 10. The van der Waals surface area contributed by atoms with Crippen molar-refractivity contribution in [3.8, 4) is 0 Å². The predicted octanol–water partition coefficient (Wildman–Crippen LogP) is 5.30. The monoisotopic (exact) mass is 626 g/mol. The van der Waals surface area contributed by atoms with Crippen molar-refractivity contribution in [2.75, 3.05) is 18.0 Å². The van der Waals surface area contributed by atoms with Crippen molar-refractivity contribution in [2.24, 2.45) is 0 Å². The van der Waals surface area contributed by atoms with Crippen LogP contribution in [0.3, 0.4) is 0 Å². The van der Waals surface area contributed by atoms with Gasteiger partial charge < -0.3 is 19.5 Å².